The average Bonchev–Trinajstić information content (AvgIpc) is 2.88. The molecule has 1 atom stereocenters. The van der Waals surface area contributed by atoms with Gasteiger partial charge in [-0.1, -0.05) is 6.07 Å². The zero-order valence-corrected chi connectivity index (χ0v) is 10.6. The summed E-state index contributed by atoms with van der Waals surface area (Å²) in [5.74, 6) is 2.23. The van der Waals surface area contributed by atoms with Crippen LogP contribution in [-0.4, -0.2) is 7.11 Å². The van der Waals surface area contributed by atoms with Gasteiger partial charge in [0.2, 0.25) is 0 Å². The second-order valence-corrected chi connectivity index (χ2v) is 4.03. The molecule has 1 aromatic heterocycles. The predicted molar refractivity (Wildman–Crippen MR) is 68.6 cm³/mol. The van der Waals surface area contributed by atoms with E-state index in [1.807, 2.05) is 37.3 Å². The summed E-state index contributed by atoms with van der Waals surface area (Å²) in [5, 5.41) is 0. The standard InChI is InChI=1S/C14H17NO3/c1-10(15)14-12(16-2)6-3-7-13(14)18-9-11-5-4-8-17-11/h3-8,10H,9,15H2,1-2H3/t10-/m1/s1. The van der Waals surface area contributed by atoms with Crippen molar-refractivity contribution >= 4 is 0 Å². The number of hydrogen-bond acceptors (Lipinski definition) is 4. The minimum absolute atomic E-state index is 0.159. The predicted octanol–water partition coefficient (Wildman–Crippen LogP) is 2.89. The van der Waals surface area contributed by atoms with Gasteiger partial charge in [0.25, 0.3) is 0 Å². The van der Waals surface area contributed by atoms with Crippen LogP contribution < -0.4 is 15.2 Å². The summed E-state index contributed by atoms with van der Waals surface area (Å²) < 4.78 is 16.3. The molecule has 4 nitrogen and oxygen atoms in total. The molecule has 2 rings (SSSR count). The van der Waals surface area contributed by atoms with E-state index in [-0.39, 0.29) is 6.04 Å². The molecular formula is C14H17NO3. The Morgan fingerprint density at radius 3 is 2.61 bits per heavy atom. The number of benzene rings is 1. The Hall–Kier alpha value is -1.94. The van der Waals surface area contributed by atoms with Crippen molar-refractivity contribution in [3.8, 4) is 11.5 Å². The van der Waals surface area contributed by atoms with Gasteiger partial charge >= 0.3 is 0 Å². The van der Waals surface area contributed by atoms with Crippen molar-refractivity contribution in [3.63, 3.8) is 0 Å². The number of ether oxygens (including phenoxy) is 2. The normalized spacial score (nSPS) is 12.2. The van der Waals surface area contributed by atoms with E-state index >= 15 is 0 Å². The van der Waals surface area contributed by atoms with Gasteiger partial charge in [-0.3, -0.25) is 0 Å². The van der Waals surface area contributed by atoms with Crippen LogP contribution in [0.3, 0.4) is 0 Å². The van der Waals surface area contributed by atoms with Crippen LogP contribution in [0.25, 0.3) is 0 Å². The molecule has 1 aromatic carbocycles. The highest BCUT2D eigenvalue weighted by atomic mass is 16.5. The molecule has 0 fully saturated rings. The summed E-state index contributed by atoms with van der Waals surface area (Å²) in [6, 6.07) is 9.17. The maximum absolute atomic E-state index is 5.96. The highest BCUT2D eigenvalue weighted by Crippen LogP contribution is 2.33. The van der Waals surface area contributed by atoms with Crippen LogP contribution in [0.2, 0.25) is 0 Å². The van der Waals surface area contributed by atoms with E-state index in [0.717, 1.165) is 22.8 Å². The molecule has 0 radical (unpaired) electrons. The summed E-state index contributed by atoms with van der Waals surface area (Å²) in [5.41, 5.74) is 6.82. The number of nitrogens with two attached hydrogens (primary N) is 1. The van der Waals surface area contributed by atoms with Crippen LogP contribution in [0.1, 0.15) is 24.3 Å². The second-order valence-electron chi connectivity index (χ2n) is 4.03. The highest BCUT2D eigenvalue weighted by molar-refractivity contribution is 5.46. The Morgan fingerprint density at radius 2 is 2.00 bits per heavy atom. The third kappa shape index (κ3) is 2.65. The van der Waals surface area contributed by atoms with Gasteiger partial charge in [-0.15, -0.1) is 0 Å². The molecule has 0 unspecified atom stereocenters. The molecule has 0 bridgehead atoms. The molecule has 4 heteroatoms. The van der Waals surface area contributed by atoms with Crippen LogP contribution in [-0.2, 0) is 6.61 Å². The summed E-state index contributed by atoms with van der Waals surface area (Å²) in [6.45, 7) is 2.28. The number of furan rings is 1. The fourth-order valence-electron chi connectivity index (χ4n) is 1.82. The minimum Gasteiger partial charge on any atom is -0.496 e. The number of methoxy groups -OCH3 is 1. The van der Waals surface area contributed by atoms with Crippen molar-refractivity contribution in [2.24, 2.45) is 5.73 Å². The minimum atomic E-state index is -0.159. The Balaban J connectivity index is 2.21. The highest BCUT2D eigenvalue weighted by Gasteiger charge is 2.14. The van der Waals surface area contributed by atoms with Gasteiger partial charge in [0.15, 0.2) is 0 Å². The lowest BCUT2D eigenvalue weighted by Crippen LogP contribution is -2.09. The van der Waals surface area contributed by atoms with E-state index in [1.165, 1.54) is 0 Å². The average molecular weight is 247 g/mol. The maximum atomic E-state index is 5.96. The smallest absolute Gasteiger partial charge is 0.146 e. The van der Waals surface area contributed by atoms with Gasteiger partial charge in [0.05, 0.1) is 18.9 Å². The van der Waals surface area contributed by atoms with E-state index < -0.39 is 0 Å². The molecule has 96 valence electrons. The SMILES string of the molecule is COc1cccc(OCc2ccco2)c1[C@@H](C)N. The van der Waals surface area contributed by atoms with Crippen LogP contribution in [0.15, 0.2) is 41.0 Å². The van der Waals surface area contributed by atoms with Crippen molar-refractivity contribution in [3.05, 3.63) is 47.9 Å². The van der Waals surface area contributed by atoms with Gasteiger partial charge < -0.3 is 19.6 Å². The quantitative estimate of drug-likeness (QED) is 0.882. The summed E-state index contributed by atoms with van der Waals surface area (Å²) >= 11 is 0. The molecule has 0 saturated heterocycles. The fourth-order valence-corrected chi connectivity index (χ4v) is 1.82. The Bertz CT molecular complexity index is 492. The van der Waals surface area contributed by atoms with Crippen molar-refractivity contribution in [2.75, 3.05) is 7.11 Å². The lowest BCUT2D eigenvalue weighted by atomic mass is 10.1. The molecule has 1 heterocycles. The van der Waals surface area contributed by atoms with Crippen molar-refractivity contribution in [1.82, 2.24) is 0 Å². The summed E-state index contributed by atoms with van der Waals surface area (Å²) in [7, 11) is 1.62. The van der Waals surface area contributed by atoms with Crippen molar-refractivity contribution in [2.45, 2.75) is 19.6 Å². The fraction of sp³-hybridized carbons (Fsp3) is 0.286. The molecule has 18 heavy (non-hydrogen) atoms. The molecule has 0 aliphatic rings. The second kappa shape index (κ2) is 5.60. The van der Waals surface area contributed by atoms with Gasteiger partial charge in [0.1, 0.15) is 23.9 Å². The van der Waals surface area contributed by atoms with E-state index in [9.17, 15) is 0 Å². The molecule has 0 aliphatic heterocycles. The topological polar surface area (TPSA) is 57.6 Å². The third-order valence-electron chi connectivity index (χ3n) is 2.65. The van der Waals surface area contributed by atoms with E-state index in [2.05, 4.69) is 0 Å². The molecule has 0 saturated carbocycles. The molecular weight excluding hydrogens is 230 g/mol. The Labute approximate surface area is 106 Å². The van der Waals surface area contributed by atoms with Gasteiger partial charge in [-0.05, 0) is 31.2 Å². The first kappa shape index (κ1) is 12.5. The first-order valence-electron chi connectivity index (χ1n) is 5.80. The van der Waals surface area contributed by atoms with Gasteiger partial charge in [-0.2, -0.15) is 0 Å². The summed E-state index contributed by atoms with van der Waals surface area (Å²) in [4.78, 5) is 0. The molecule has 0 spiro atoms. The zero-order chi connectivity index (χ0) is 13.0. The maximum Gasteiger partial charge on any atom is 0.146 e. The van der Waals surface area contributed by atoms with E-state index in [1.54, 1.807) is 13.4 Å². The number of rotatable bonds is 5. The van der Waals surface area contributed by atoms with Crippen LogP contribution in [0.5, 0.6) is 11.5 Å². The first-order chi connectivity index (χ1) is 8.72. The molecule has 0 aliphatic carbocycles. The van der Waals surface area contributed by atoms with Crippen molar-refractivity contribution in [1.29, 1.82) is 0 Å². The third-order valence-corrected chi connectivity index (χ3v) is 2.65. The lowest BCUT2D eigenvalue weighted by molar-refractivity contribution is 0.264. The zero-order valence-electron chi connectivity index (χ0n) is 10.6. The first-order valence-corrected chi connectivity index (χ1v) is 5.80. The molecule has 2 N–H and O–H groups in total. The largest absolute Gasteiger partial charge is 0.496 e. The Morgan fingerprint density at radius 1 is 1.22 bits per heavy atom. The van der Waals surface area contributed by atoms with Crippen LogP contribution in [0.4, 0.5) is 0 Å². The van der Waals surface area contributed by atoms with Gasteiger partial charge in [0, 0.05) is 6.04 Å². The van der Waals surface area contributed by atoms with Gasteiger partial charge in [-0.25, -0.2) is 0 Å². The number of hydrogen-bond donors (Lipinski definition) is 1. The van der Waals surface area contributed by atoms with E-state index in [4.69, 9.17) is 19.6 Å². The van der Waals surface area contributed by atoms with E-state index in [0.29, 0.717) is 6.61 Å². The van der Waals surface area contributed by atoms with Crippen LogP contribution in [0, 0.1) is 0 Å². The summed E-state index contributed by atoms with van der Waals surface area (Å²) in [6.07, 6.45) is 1.62. The van der Waals surface area contributed by atoms with Crippen LogP contribution >= 0.6 is 0 Å². The Kier molecular flexibility index (Phi) is 3.89. The molecule has 0 amide bonds. The monoisotopic (exact) mass is 247 g/mol. The molecule has 2 aromatic rings. The van der Waals surface area contributed by atoms with Crippen molar-refractivity contribution < 1.29 is 13.9 Å². The lowest BCUT2D eigenvalue weighted by Gasteiger charge is -2.16.